The van der Waals surface area contributed by atoms with Crippen molar-refractivity contribution in [2.45, 2.75) is 0 Å². The molecule has 0 amide bonds. The third kappa shape index (κ3) is 3.85. The maximum atomic E-state index is 6.50. The van der Waals surface area contributed by atoms with Gasteiger partial charge in [-0.3, -0.25) is 0 Å². The second-order valence-corrected chi connectivity index (χ2v) is 13.1. The summed E-state index contributed by atoms with van der Waals surface area (Å²) in [4.78, 5) is 0. The molecule has 2 aromatic heterocycles. The Morgan fingerprint density at radius 3 is 1.52 bits per heavy atom. The Morgan fingerprint density at radius 1 is 0.280 bits per heavy atom. The van der Waals surface area contributed by atoms with Gasteiger partial charge in [0.1, 0.15) is 22.3 Å². The molecule has 11 aromatic rings. The zero-order chi connectivity index (χ0) is 32.8. The first-order chi connectivity index (χ1) is 24.8. The normalized spacial score (nSPS) is 12.0. The predicted molar refractivity (Wildman–Crippen MR) is 210 cm³/mol. The topological polar surface area (TPSA) is 26.3 Å². The van der Waals surface area contributed by atoms with Crippen LogP contribution >= 0.6 is 0 Å². The third-order valence-electron chi connectivity index (χ3n) is 10.5. The molecular weight excluding hydrogens is 609 g/mol. The Balaban J connectivity index is 1.13. The number of furan rings is 2. The zero-order valence-electron chi connectivity index (χ0n) is 27.0. The molecule has 0 bridgehead atoms. The smallest absolute Gasteiger partial charge is 0.143 e. The molecule has 0 fully saturated rings. The zero-order valence-corrected chi connectivity index (χ0v) is 27.0. The minimum Gasteiger partial charge on any atom is -0.456 e. The largest absolute Gasteiger partial charge is 0.456 e. The van der Waals surface area contributed by atoms with Crippen molar-refractivity contribution < 1.29 is 8.83 Å². The van der Waals surface area contributed by atoms with Gasteiger partial charge in [-0.15, -0.1) is 0 Å². The third-order valence-corrected chi connectivity index (χ3v) is 10.5. The van der Waals surface area contributed by atoms with Crippen molar-refractivity contribution in [3.05, 3.63) is 170 Å². The summed E-state index contributed by atoms with van der Waals surface area (Å²) in [6.45, 7) is 0. The Morgan fingerprint density at radius 2 is 0.800 bits per heavy atom. The molecule has 0 aliphatic heterocycles. The van der Waals surface area contributed by atoms with Crippen LogP contribution in [0.15, 0.2) is 179 Å². The second kappa shape index (κ2) is 10.4. The monoisotopic (exact) mass is 636 g/mol. The average Bonchev–Trinajstić information content (AvgIpc) is 3.76. The van der Waals surface area contributed by atoms with Crippen LogP contribution in [0.2, 0.25) is 0 Å². The van der Waals surface area contributed by atoms with E-state index in [2.05, 4.69) is 164 Å². The van der Waals surface area contributed by atoms with Gasteiger partial charge >= 0.3 is 0 Å². The van der Waals surface area contributed by atoms with Crippen LogP contribution in [-0.2, 0) is 0 Å². The summed E-state index contributed by atoms with van der Waals surface area (Å²) in [5.74, 6) is 0. The molecule has 0 aliphatic rings. The molecule has 50 heavy (non-hydrogen) atoms. The van der Waals surface area contributed by atoms with Gasteiger partial charge in [0, 0.05) is 26.9 Å². The van der Waals surface area contributed by atoms with Crippen molar-refractivity contribution in [1.82, 2.24) is 0 Å². The molecule has 2 heterocycles. The quantitative estimate of drug-likeness (QED) is 0.180. The lowest BCUT2D eigenvalue weighted by molar-refractivity contribution is 0.669. The molecule has 0 aliphatic carbocycles. The number of para-hydroxylation sites is 1. The molecule has 9 aromatic carbocycles. The lowest BCUT2D eigenvalue weighted by atomic mass is 9.84. The van der Waals surface area contributed by atoms with Gasteiger partial charge in [0.25, 0.3) is 0 Å². The van der Waals surface area contributed by atoms with E-state index in [-0.39, 0.29) is 0 Å². The first-order valence-corrected chi connectivity index (χ1v) is 17.1. The van der Waals surface area contributed by atoms with Gasteiger partial charge in [-0.1, -0.05) is 146 Å². The number of rotatable bonds is 3. The number of hydrogen-bond donors (Lipinski definition) is 0. The molecule has 0 spiro atoms. The Labute approximate surface area is 287 Å². The maximum Gasteiger partial charge on any atom is 0.143 e. The Bertz CT molecular complexity index is 3080. The summed E-state index contributed by atoms with van der Waals surface area (Å²) in [7, 11) is 0. The van der Waals surface area contributed by atoms with Crippen molar-refractivity contribution in [3.63, 3.8) is 0 Å². The van der Waals surface area contributed by atoms with E-state index in [0.29, 0.717) is 0 Å². The minimum absolute atomic E-state index is 0.908. The van der Waals surface area contributed by atoms with Gasteiger partial charge in [0.2, 0.25) is 0 Å². The standard InChI is InChI=1S/C48H28O2/c1-2-12-33-29(11-1)27-28-40-46-32(18-9-22-43(46)50-48(33)40)30-23-25-31(26-24-30)44-34-13-3-5-15-36(34)45(37-16-6-4-14-35(37)44)39-19-10-21-42-47(39)38-17-7-8-20-41(38)49-42/h1-28H. The molecule has 2 heteroatoms. The van der Waals surface area contributed by atoms with E-state index in [1.165, 1.54) is 60.3 Å². The molecule has 0 atom stereocenters. The van der Waals surface area contributed by atoms with E-state index in [1.54, 1.807) is 0 Å². The summed E-state index contributed by atoms with van der Waals surface area (Å²) in [5, 5.41) is 11.8. The highest BCUT2D eigenvalue weighted by atomic mass is 16.3. The van der Waals surface area contributed by atoms with Crippen LogP contribution in [0.4, 0.5) is 0 Å². The molecule has 2 nitrogen and oxygen atoms in total. The van der Waals surface area contributed by atoms with Crippen molar-refractivity contribution in [2.24, 2.45) is 0 Å². The summed E-state index contributed by atoms with van der Waals surface area (Å²) >= 11 is 0. The van der Waals surface area contributed by atoms with E-state index in [9.17, 15) is 0 Å². The summed E-state index contributed by atoms with van der Waals surface area (Å²) in [6.07, 6.45) is 0. The van der Waals surface area contributed by atoms with Gasteiger partial charge in [-0.25, -0.2) is 0 Å². The van der Waals surface area contributed by atoms with Crippen LogP contribution < -0.4 is 0 Å². The average molecular weight is 637 g/mol. The number of fused-ring (bicyclic) bond motifs is 10. The summed E-state index contributed by atoms with van der Waals surface area (Å²) < 4.78 is 12.8. The second-order valence-electron chi connectivity index (χ2n) is 13.1. The van der Waals surface area contributed by atoms with Crippen molar-refractivity contribution in [3.8, 4) is 33.4 Å². The van der Waals surface area contributed by atoms with E-state index in [0.717, 1.165) is 49.3 Å². The molecular formula is C48H28O2. The van der Waals surface area contributed by atoms with Crippen LogP contribution in [0.1, 0.15) is 0 Å². The van der Waals surface area contributed by atoms with Crippen LogP contribution in [0, 0.1) is 0 Å². The predicted octanol–water partition coefficient (Wildman–Crippen LogP) is 13.9. The molecule has 0 N–H and O–H groups in total. The van der Waals surface area contributed by atoms with Crippen LogP contribution in [0.25, 0.3) is 110 Å². The van der Waals surface area contributed by atoms with Gasteiger partial charge in [0.05, 0.1) is 0 Å². The fraction of sp³-hybridized carbons (Fsp3) is 0. The lowest BCUT2D eigenvalue weighted by Crippen LogP contribution is -1.91. The van der Waals surface area contributed by atoms with E-state index in [1.807, 2.05) is 6.07 Å². The highest BCUT2D eigenvalue weighted by molar-refractivity contribution is 6.26. The van der Waals surface area contributed by atoms with Gasteiger partial charge in [-0.2, -0.15) is 0 Å². The minimum atomic E-state index is 0.908. The number of benzene rings is 9. The SMILES string of the molecule is c1ccc2c(c1)ccc1c2oc2cccc(-c3ccc(-c4c5ccccc5c(-c5cccc6oc7ccccc7c56)c5ccccc45)cc3)c21. The lowest BCUT2D eigenvalue weighted by Gasteiger charge is -2.18. The van der Waals surface area contributed by atoms with E-state index in [4.69, 9.17) is 8.83 Å². The van der Waals surface area contributed by atoms with Gasteiger partial charge < -0.3 is 8.83 Å². The summed E-state index contributed by atoms with van der Waals surface area (Å²) in [5.41, 5.74) is 10.9. The van der Waals surface area contributed by atoms with Crippen LogP contribution in [0.5, 0.6) is 0 Å². The van der Waals surface area contributed by atoms with Crippen molar-refractivity contribution in [1.29, 1.82) is 0 Å². The fourth-order valence-electron chi connectivity index (χ4n) is 8.32. The van der Waals surface area contributed by atoms with Crippen molar-refractivity contribution in [2.75, 3.05) is 0 Å². The first kappa shape index (κ1) is 27.3. The maximum absolute atomic E-state index is 6.50. The van der Waals surface area contributed by atoms with E-state index >= 15 is 0 Å². The van der Waals surface area contributed by atoms with Crippen LogP contribution in [0.3, 0.4) is 0 Å². The molecule has 0 saturated heterocycles. The molecule has 0 unspecified atom stereocenters. The first-order valence-electron chi connectivity index (χ1n) is 17.1. The Kier molecular flexibility index (Phi) is 5.70. The van der Waals surface area contributed by atoms with E-state index < -0.39 is 0 Å². The highest BCUT2D eigenvalue weighted by Crippen LogP contribution is 2.47. The molecule has 11 rings (SSSR count). The summed E-state index contributed by atoms with van der Waals surface area (Å²) in [6, 6.07) is 60.8. The molecule has 232 valence electrons. The molecule has 0 radical (unpaired) electrons. The fourth-order valence-corrected chi connectivity index (χ4v) is 8.32. The number of hydrogen-bond acceptors (Lipinski definition) is 2. The molecule has 0 saturated carbocycles. The van der Waals surface area contributed by atoms with Crippen molar-refractivity contribution >= 4 is 76.2 Å². The van der Waals surface area contributed by atoms with Gasteiger partial charge in [-0.05, 0) is 84.6 Å². The Hall–Kier alpha value is -6.64. The highest BCUT2D eigenvalue weighted by Gasteiger charge is 2.20. The van der Waals surface area contributed by atoms with Gasteiger partial charge in [0.15, 0.2) is 0 Å². The van der Waals surface area contributed by atoms with Crippen LogP contribution in [-0.4, -0.2) is 0 Å².